The zero-order chi connectivity index (χ0) is 26.7. The van der Waals surface area contributed by atoms with Crippen LogP contribution in [0.2, 0.25) is 0 Å². The second kappa shape index (κ2) is 9.54. The third-order valence-electron chi connectivity index (χ3n) is 9.31. The van der Waals surface area contributed by atoms with Crippen molar-refractivity contribution < 1.29 is 8.78 Å². The Morgan fingerprint density at radius 3 is 2.49 bits per heavy atom. The SMILES string of the molecule is C=CC1C2CC[C@H]1CN(c1ncc(-c3ccc4nc5c(n4c3)C(c3ccccc3CC(F)F)CC5C)cn1)C2. The third-order valence-corrected chi connectivity index (χ3v) is 9.31. The summed E-state index contributed by atoms with van der Waals surface area (Å²) >= 11 is 0. The minimum atomic E-state index is -2.37. The van der Waals surface area contributed by atoms with Crippen LogP contribution in [0.25, 0.3) is 16.8 Å². The van der Waals surface area contributed by atoms with E-state index in [9.17, 15) is 8.78 Å². The van der Waals surface area contributed by atoms with Crippen LogP contribution in [-0.4, -0.2) is 38.9 Å². The fourth-order valence-corrected chi connectivity index (χ4v) is 7.48. The van der Waals surface area contributed by atoms with Crippen LogP contribution in [0.5, 0.6) is 0 Å². The summed E-state index contributed by atoms with van der Waals surface area (Å²) in [7, 11) is 0. The van der Waals surface area contributed by atoms with Crippen LogP contribution in [0.4, 0.5) is 14.7 Å². The minimum absolute atomic E-state index is 0.0303. The summed E-state index contributed by atoms with van der Waals surface area (Å²) in [5.41, 5.74) is 6.72. The molecule has 1 saturated heterocycles. The van der Waals surface area contributed by atoms with Crippen LogP contribution in [0, 0.1) is 17.8 Å². The van der Waals surface area contributed by atoms with Crippen molar-refractivity contribution >= 4 is 11.6 Å². The lowest BCUT2D eigenvalue weighted by Crippen LogP contribution is -2.42. The first-order valence-electron chi connectivity index (χ1n) is 14.1. The highest BCUT2D eigenvalue weighted by molar-refractivity contribution is 5.65. The molecule has 2 aliphatic carbocycles. The molecule has 4 unspecified atom stereocenters. The zero-order valence-corrected chi connectivity index (χ0v) is 22.2. The quantitative estimate of drug-likeness (QED) is 0.257. The van der Waals surface area contributed by atoms with E-state index in [1.165, 1.54) is 12.8 Å². The maximum Gasteiger partial charge on any atom is 0.242 e. The molecule has 1 aromatic carbocycles. The highest BCUT2D eigenvalue weighted by Gasteiger charge is 2.41. The highest BCUT2D eigenvalue weighted by Crippen LogP contribution is 2.47. The van der Waals surface area contributed by atoms with Gasteiger partial charge in [0.25, 0.3) is 0 Å². The number of pyridine rings is 1. The first-order valence-corrected chi connectivity index (χ1v) is 14.1. The number of halogens is 2. The molecule has 3 aromatic heterocycles. The Hall–Kier alpha value is -3.61. The normalized spacial score (nSPS) is 25.9. The van der Waals surface area contributed by atoms with Crippen molar-refractivity contribution in [2.45, 2.75) is 50.9 Å². The molecule has 7 heteroatoms. The molecule has 4 aromatic rings. The van der Waals surface area contributed by atoms with E-state index < -0.39 is 6.43 Å². The largest absolute Gasteiger partial charge is 0.340 e. The molecule has 39 heavy (non-hydrogen) atoms. The molecule has 1 aliphatic heterocycles. The number of benzene rings is 1. The van der Waals surface area contributed by atoms with Crippen molar-refractivity contribution in [2.24, 2.45) is 17.8 Å². The average molecular weight is 526 g/mol. The minimum Gasteiger partial charge on any atom is -0.340 e. The molecule has 0 amide bonds. The fourth-order valence-electron chi connectivity index (χ4n) is 7.48. The molecule has 5 nitrogen and oxygen atoms in total. The van der Waals surface area contributed by atoms with Gasteiger partial charge in [0.15, 0.2) is 0 Å². The van der Waals surface area contributed by atoms with E-state index in [2.05, 4.69) is 41.1 Å². The Labute approximate surface area is 227 Å². The van der Waals surface area contributed by atoms with Gasteiger partial charge in [-0.2, -0.15) is 0 Å². The van der Waals surface area contributed by atoms with Crippen LogP contribution < -0.4 is 4.90 Å². The van der Waals surface area contributed by atoms with Gasteiger partial charge in [0, 0.05) is 61.1 Å². The van der Waals surface area contributed by atoms with Crippen LogP contribution in [-0.2, 0) is 6.42 Å². The summed E-state index contributed by atoms with van der Waals surface area (Å²) in [6, 6.07) is 11.7. The topological polar surface area (TPSA) is 46.3 Å². The summed E-state index contributed by atoms with van der Waals surface area (Å²) in [5.74, 6) is 3.01. The maximum atomic E-state index is 13.4. The predicted octanol–water partition coefficient (Wildman–Crippen LogP) is 6.89. The van der Waals surface area contributed by atoms with Crippen LogP contribution >= 0.6 is 0 Å². The Bertz CT molecular complexity index is 1510. The van der Waals surface area contributed by atoms with Crippen molar-refractivity contribution in [1.29, 1.82) is 0 Å². The molecular weight excluding hydrogens is 492 g/mol. The number of rotatable bonds is 6. The number of anilines is 1. The summed E-state index contributed by atoms with van der Waals surface area (Å²) in [6.45, 7) is 8.23. The number of hydrogen-bond donors (Lipinski definition) is 0. The number of fused-ring (bicyclic) bond motifs is 5. The fraction of sp³-hybridized carbons (Fsp3) is 0.406. The third kappa shape index (κ3) is 4.14. The Morgan fingerprint density at radius 2 is 1.77 bits per heavy atom. The molecule has 2 fully saturated rings. The van der Waals surface area contributed by atoms with Gasteiger partial charge in [-0.05, 0) is 60.3 Å². The molecule has 0 radical (unpaired) electrons. The maximum absolute atomic E-state index is 13.4. The van der Waals surface area contributed by atoms with E-state index >= 15 is 0 Å². The summed E-state index contributed by atoms with van der Waals surface area (Å²) in [5, 5.41) is 0. The van der Waals surface area contributed by atoms with Crippen LogP contribution in [0.1, 0.15) is 60.5 Å². The highest BCUT2D eigenvalue weighted by atomic mass is 19.3. The standard InChI is InChI=1S/C32H33F2N5/c1-3-25-22-8-9-23(25)17-38(16-22)32-35-14-24(15-36-32)21-10-11-29-37-30-19(2)12-27(31(30)39(29)18-21)26-7-5-4-6-20(26)13-28(33)34/h3-7,10-11,14-15,18-19,22-23,25,27-28H,1,8-9,12-13,16-17H2,2H3/t19?,22-,23?,25?,27?/m0/s1. The van der Waals surface area contributed by atoms with Crippen molar-refractivity contribution in [2.75, 3.05) is 18.0 Å². The van der Waals surface area contributed by atoms with Gasteiger partial charge in [-0.25, -0.2) is 23.7 Å². The number of alkyl halides is 2. The van der Waals surface area contributed by atoms with Crippen LogP contribution in [0.15, 0.2) is 67.6 Å². The van der Waals surface area contributed by atoms with Gasteiger partial charge in [0.1, 0.15) is 5.65 Å². The Morgan fingerprint density at radius 1 is 1.03 bits per heavy atom. The zero-order valence-electron chi connectivity index (χ0n) is 22.2. The summed E-state index contributed by atoms with van der Waals surface area (Å²) in [4.78, 5) is 16.8. The monoisotopic (exact) mass is 525 g/mol. The van der Waals surface area contributed by atoms with E-state index in [0.29, 0.717) is 17.8 Å². The lowest BCUT2D eigenvalue weighted by atomic mass is 9.85. The van der Waals surface area contributed by atoms with Crippen molar-refractivity contribution in [3.8, 4) is 11.1 Å². The second-order valence-corrected chi connectivity index (χ2v) is 11.6. The van der Waals surface area contributed by atoms with Gasteiger partial charge < -0.3 is 9.30 Å². The molecule has 200 valence electrons. The molecule has 0 spiro atoms. The van der Waals surface area contributed by atoms with Crippen molar-refractivity contribution in [3.05, 3.63) is 90.2 Å². The van der Waals surface area contributed by atoms with E-state index in [1.54, 1.807) is 0 Å². The Balaban J connectivity index is 1.21. The van der Waals surface area contributed by atoms with Gasteiger partial charge in [-0.15, -0.1) is 6.58 Å². The summed E-state index contributed by atoms with van der Waals surface area (Å²) in [6.07, 6.45) is 8.88. The number of hydrogen-bond acceptors (Lipinski definition) is 4. The van der Waals surface area contributed by atoms with Crippen molar-refractivity contribution in [3.63, 3.8) is 0 Å². The summed E-state index contributed by atoms with van der Waals surface area (Å²) < 4.78 is 28.9. The number of imidazole rings is 1. The molecule has 0 N–H and O–H groups in total. The molecular formula is C32H33F2N5. The number of nitrogens with zero attached hydrogens (tertiary/aromatic N) is 5. The molecule has 2 bridgehead atoms. The molecule has 1 saturated carbocycles. The van der Waals surface area contributed by atoms with Gasteiger partial charge in [-0.3, -0.25) is 0 Å². The van der Waals surface area contributed by atoms with Crippen LogP contribution in [0.3, 0.4) is 0 Å². The lowest BCUT2D eigenvalue weighted by molar-refractivity contribution is 0.148. The Kier molecular flexibility index (Phi) is 5.98. The van der Waals surface area contributed by atoms with Gasteiger partial charge in [0.05, 0.1) is 11.4 Å². The molecule has 3 aliphatic rings. The van der Waals surface area contributed by atoms with Crippen molar-refractivity contribution in [1.82, 2.24) is 19.4 Å². The van der Waals surface area contributed by atoms with Gasteiger partial charge in [0.2, 0.25) is 12.4 Å². The predicted molar refractivity (Wildman–Crippen MR) is 149 cm³/mol. The van der Waals surface area contributed by atoms with E-state index in [4.69, 9.17) is 15.0 Å². The smallest absolute Gasteiger partial charge is 0.242 e. The van der Waals surface area contributed by atoms with Gasteiger partial charge >= 0.3 is 0 Å². The number of allylic oxidation sites excluding steroid dienone is 1. The molecule has 4 heterocycles. The van der Waals surface area contributed by atoms with E-state index in [1.807, 2.05) is 42.7 Å². The second-order valence-electron chi connectivity index (χ2n) is 11.6. The lowest BCUT2D eigenvalue weighted by Gasteiger charge is -2.36. The van der Waals surface area contributed by atoms with E-state index in [0.717, 1.165) is 64.7 Å². The van der Waals surface area contributed by atoms with Gasteiger partial charge in [-0.1, -0.05) is 37.3 Å². The van der Waals surface area contributed by atoms with E-state index in [-0.39, 0.29) is 18.3 Å². The molecule has 7 rings (SSSR count). The molecule has 5 atom stereocenters. The first-order chi connectivity index (χ1) is 19.0. The number of aromatic nitrogens is 4. The first kappa shape index (κ1) is 24.4. The number of piperidine rings is 1. The average Bonchev–Trinajstić information content (AvgIpc) is 3.56.